The Hall–Kier alpha value is -2.75. The van der Waals surface area contributed by atoms with Crippen molar-refractivity contribution in [2.45, 2.75) is 128 Å². The van der Waals surface area contributed by atoms with Crippen LogP contribution in [-0.2, 0) is 21.6 Å². The second-order valence-electron chi connectivity index (χ2n) is 20.3. The van der Waals surface area contributed by atoms with Crippen molar-refractivity contribution in [3.63, 3.8) is 0 Å². The number of aryl methyl sites for hydroxylation is 1. The molecular formula is C54H63ClNNaO5S. The largest absolute Gasteiger partial charge is 1.00 e. The Balaban J connectivity index is 0.000000226. The van der Waals surface area contributed by atoms with Crippen molar-refractivity contribution in [2.24, 2.45) is 34.0 Å². The van der Waals surface area contributed by atoms with Gasteiger partial charge in [-0.2, -0.15) is 11.8 Å². The molecule has 0 bridgehead atoms. The topological polar surface area (TPSA) is 111 Å². The summed E-state index contributed by atoms with van der Waals surface area (Å²) in [6.07, 6.45) is 18.5. The molecule has 5 aliphatic carbocycles. The van der Waals surface area contributed by atoms with Gasteiger partial charge in [-0.25, -0.2) is 4.98 Å². The molecule has 2 N–H and O–H groups in total. The Morgan fingerprint density at radius 3 is 2.46 bits per heavy atom. The van der Waals surface area contributed by atoms with Crippen molar-refractivity contribution in [1.82, 2.24) is 4.98 Å². The normalized spacial score (nSPS) is 27.5. The van der Waals surface area contributed by atoms with Gasteiger partial charge >= 0.3 is 29.6 Å². The molecule has 63 heavy (non-hydrogen) atoms. The number of Topliss-reactive ketones (excluding diaryl/α,β-unsaturated/α-hetero) is 1. The summed E-state index contributed by atoms with van der Waals surface area (Å²) in [7, 11) is 0. The summed E-state index contributed by atoms with van der Waals surface area (Å²) in [5.41, 5.74) is 6.84. The van der Waals surface area contributed by atoms with Gasteiger partial charge in [0.2, 0.25) is 0 Å². The van der Waals surface area contributed by atoms with Crippen molar-refractivity contribution in [2.75, 3.05) is 5.75 Å². The molecule has 0 aliphatic heterocycles. The minimum Gasteiger partial charge on any atom is -0.550 e. The van der Waals surface area contributed by atoms with E-state index in [0.29, 0.717) is 28.1 Å². The van der Waals surface area contributed by atoms with Gasteiger partial charge in [-0.15, -0.1) is 0 Å². The van der Waals surface area contributed by atoms with Gasteiger partial charge in [0.15, 0.2) is 0 Å². The first-order valence-corrected chi connectivity index (χ1v) is 24.4. The predicted molar refractivity (Wildman–Crippen MR) is 251 cm³/mol. The van der Waals surface area contributed by atoms with E-state index in [1.54, 1.807) is 0 Å². The average Bonchev–Trinajstić information content (AvgIpc) is 3.93. The van der Waals surface area contributed by atoms with Crippen LogP contribution in [0.3, 0.4) is 0 Å². The fraction of sp³-hybridized carbons (Fsp3) is 0.500. The summed E-state index contributed by atoms with van der Waals surface area (Å²) in [5.74, 6) is 2.43. The van der Waals surface area contributed by atoms with E-state index in [1.807, 2.05) is 80.2 Å². The van der Waals surface area contributed by atoms with Gasteiger partial charge in [-0.1, -0.05) is 104 Å². The molecule has 328 valence electrons. The van der Waals surface area contributed by atoms with Crippen LogP contribution in [0.1, 0.15) is 138 Å². The van der Waals surface area contributed by atoms with Crippen LogP contribution in [0.5, 0.6) is 0 Å². The summed E-state index contributed by atoms with van der Waals surface area (Å²) in [6.45, 7) is 8.34. The number of hydrogen-bond donors (Lipinski definition) is 2. The number of fused-ring (bicyclic) bond motifs is 6. The van der Waals surface area contributed by atoms with E-state index in [9.17, 15) is 24.9 Å². The van der Waals surface area contributed by atoms with E-state index < -0.39 is 11.6 Å². The molecule has 9 heteroatoms. The number of benzene rings is 3. The first-order chi connectivity index (χ1) is 29.5. The molecule has 6 nitrogen and oxygen atoms in total. The Kier molecular flexibility index (Phi) is 15.0. The quantitative estimate of drug-likeness (QED) is 0.109. The predicted octanol–water partition coefficient (Wildman–Crippen LogP) is 8.50. The molecule has 7 atom stereocenters. The molecule has 3 aromatic carbocycles. The van der Waals surface area contributed by atoms with E-state index in [-0.39, 0.29) is 58.2 Å². The molecule has 4 saturated carbocycles. The standard InChI is InChI=1S/C35H36ClNO3S.C19H28O2.Na/c1-34(2,40)30-9-4-3-7-25(30)13-17-32(41-23-35(18-19-35)22-33(38)39)27-8-5-6-24(20-27)10-15-29-16-12-26-11-14-28(36)21-31(26)37-29;1-18-9-7-13(20)11-12(18)3-4-14-15-5-6-17(21)19(15,2)10-8-16(14)18;/h3-12,14-16,20-21,32,40H,13,17-19,22-23H2,1-2H3,(H,38,39);3,13-16,20H,4-11H2,1-2H3;/q;;+1/p-1/b15-10+;;/t32-;13-,14-,15-,16-,18-,19-;/m10./s1. The molecule has 5 aliphatic rings. The molecular weight excluding hydrogens is 833 g/mol. The number of ketones is 1. The van der Waals surface area contributed by atoms with Gasteiger partial charge in [0.05, 0.1) is 22.9 Å². The third-order valence-corrected chi connectivity index (χ3v) is 17.5. The molecule has 1 heterocycles. The Morgan fingerprint density at radius 2 is 1.70 bits per heavy atom. The molecule has 0 amide bonds. The van der Waals surface area contributed by atoms with E-state index >= 15 is 0 Å². The van der Waals surface area contributed by atoms with Gasteiger partial charge in [-0.3, -0.25) is 4.79 Å². The number of pyridine rings is 1. The average molecular weight is 897 g/mol. The Labute approximate surface area is 406 Å². The smallest absolute Gasteiger partial charge is 0.550 e. The number of carbonyl (C=O) groups excluding carboxylic acids is 2. The van der Waals surface area contributed by atoms with Crippen LogP contribution in [0, 0.1) is 34.0 Å². The molecule has 0 radical (unpaired) electrons. The van der Waals surface area contributed by atoms with Crippen LogP contribution in [-0.4, -0.2) is 38.8 Å². The Bertz CT molecular complexity index is 2370. The number of rotatable bonds is 12. The van der Waals surface area contributed by atoms with Crippen molar-refractivity contribution >= 4 is 58.2 Å². The number of nitrogens with zero attached hydrogens (tertiary/aromatic N) is 1. The number of aliphatic hydroxyl groups is 2. The second-order valence-corrected chi connectivity index (χ2v) is 21.9. The molecule has 9 rings (SSSR count). The SMILES string of the molecule is CC(C)(O)c1ccccc1CC[C@@H](SCC1(CC(=O)[O-])CC1)c1cccc(/C=C/c2ccc3ccc(Cl)cc3n2)c1.C[C@]12CC[C@H](O)CC1=CC[C@@H]1[C@@H]2CC[C@]2(C)C(=O)CC[C@@H]12.[Na+]. The number of carboxylic acid groups (broad SMARTS) is 1. The summed E-state index contributed by atoms with van der Waals surface area (Å²) in [6, 6.07) is 26.4. The molecule has 4 fully saturated rings. The summed E-state index contributed by atoms with van der Waals surface area (Å²) in [4.78, 5) is 28.5. The van der Waals surface area contributed by atoms with Gasteiger partial charge in [0, 0.05) is 33.5 Å². The number of allylic oxidation sites excluding steroid dienone is 1. The first kappa shape index (κ1) is 48.2. The number of aliphatic carboxylic acids is 1. The third-order valence-electron chi connectivity index (χ3n) is 15.6. The van der Waals surface area contributed by atoms with Crippen molar-refractivity contribution in [3.8, 4) is 0 Å². The summed E-state index contributed by atoms with van der Waals surface area (Å²) < 4.78 is 0. The maximum absolute atomic E-state index is 12.4. The van der Waals surface area contributed by atoms with E-state index in [2.05, 4.69) is 56.3 Å². The number of aromatic nitrogens is 1. The first-order valence-electron chi connectivity index (χ1n) is 22.9. The van der Waals surface area contributed by atoms with Crippen molar-refractivity contribution in [1.29, 1.82) is 0 Å². The van der Waals surface area contributed by atoms with Crippen LogP contribution in [0.25, 0.3) is 23.1 Å². The molecule has 0 saturated heterocycles. The van der Waals surface area contributed by atoms with Gasteiger partial charge in [0.25, 0.3) is 0 Å². The number of halogens is 1. The summed E-state index contributed by atoms with van der Waals surface area (Å²) in [5, 5.41) is 34.0. The maximum Gasteiger partial charge on any atom is 1.00 e. The van der Waals surface area contributed by atoms with Crippen molar-refractivity contribution in [3.05, 3.63) is 123 Å². The summed E-state index contributed by atoms with van der Waals surface area (Å²) >= 11 is 8.01. The van der Waals surface area contributed by atoms with Crippen LogP contribution in [0.4, 0.5) is 0 Å². The Morgan fingerprint density at radius 1 is 0.952 bits per heavy atom. The zero-order valence-corrected chi connectivity index (χ0v) is 41.4. The minimum absolute atomic E-state index is 0. The van der Waals surface area contributed by atoms with Gasteiger partial charge in [0.1, 0.15) is 5.78 Å². The van der Waals surface area contributed by atoms with E-state index in [1.165, 1.54) is 17.6 Å². The zero-order chi connectivity index (χ0) is 43.9. The number of carboxylic acids is 1. The number of hydrogen-bond acceptors (Lipinski definition) is 7. The van der Waals surface area contributed by atoms with Gasteiger partial charge < -0.3 is 20.1 Å². The zero-order valence-electron chi connectivity index (χ0n) is 37.9. The number of aliphatic hydroxyl groups excluding tert-OH is 1. The van der Waals surface area contributed by atoms with Crippen LogP contribution in [0.2, 0.25) is 5.02 Å². The third kappa shape index (κ3) is 10.8. The van der Waals surface area contributed by atoms with Crippen LogP contribution >= 0.6 is 23.4 Å². The van der Waals surface area contributed by atoms with Crippen molar-refractivity contribution < 1.29 is 54.5 Å². The molecule has 0 spiro atoms. The van der Waals surface area contributed by atoms with Gasteiger partial charge in [-0.05, 0) is 172 Å². The van der Waals surface area contributed by atoms with Crippen LogP contribution < -0.4 is 34.7 Å². The number of carbonyl (C=O) groups is 2. The fourth-order valence-electron chi connectivity index (χ4n) is 11.8. The molecule has 0 unspecified atom stereocenters. The van der Waals surface area contributed by atoms with E-state index in [4.69, 9.17) is 16.6 Å². The molecule has 4 aromatic rings. The minimum atomic E-state index is -0.963. The van der Waals surface area contributed by atoms with Crippen LogP contribution in [0.15, 0.2) is 90.5 Å². The monoisotopic (exact) mass is 895 g/mol. The molecule has 1 aromatic heterocycles. The second kappa shape index (κ2) is 19.6. The number of thioether (sulfide) groups is 1. The van der Waals surface area contributed by atoms with E-state index in [0.717, 1.165) is 116 Å². The maximum atomic E-state index is 12.4. The fourth-order valence-corrected chi connectivity index (χ4v) is 13.5.